The number of carbonyl (C=O) groups excluding carboxylic acids is 3. The maximum absolute atomic E-state index is 12.1. The average molecular weight is 288 g/mol. The molecule has 21 heavy (non-hydrogen) atoms. The number of hydrogen-bond donors (Lipinski definition) is 1. The lowest BCUT2D eigenvalue weighted by Crippen LogP contribution is -2.30. The lowest BCUT2D eigenvalue weighted by atomic mass is 10.1. The van der Waals surface area contributed by atoms with E-state index in [9.17, 15) is 14.4 Å². The van der Waals surface area contributed by atoms with Gasteiger partial charge in [-0.25, -0.2) is 0 Å². The molecule has 0 spiro atoms. The zero-order valence-corrected chi connectivity index (χ0v) is 12.6. The van der Waals surface area contributed by atoms with Gasteiger partial charge in [0.2, 0.25) is 17.7 Å². The van der Waals surface area contributed by atoms with E-state index in [4.69, 9.17) is 0 Å². The van der Waals surface area contributed by atoms with E-state index in [2.05, 4.69) is 5.32 Å². The third-order valence-corrected chi connectivity index (χ3v) is 3.65. The number of benzene rings is 1. The lowest BCUT2D eigenvalue weighted by Gasteiger charge is -2.15. The topological polar surface area (TPSA) is 66.5 Å². The van der Waals surface area contributed by atoms with E-state index < -0.39 is 0 Å². The number of anilines is 2. The molecule has 1 fully saturated rings. The van der Waals surface area contributed by atoms with Gasteiger partial charge in [-0.3, -0.25) is 19.3 Å². The van der Waals surface area contributed by atoms with Gasteiger partial charge < -0.3 is 5.32 Å². The van der Waals surface area contributed by atoms with Crippen LogP contribution in [0.15, 0.2) is 24.3 Å². The van der Waals surface area contributed by atoms with Crippen LogP contribution in [-0.2, 0) is 14.4 Å². The molecule has 1 aliphatic rings. The van der Waals surface area contributed by atoms with E-state index in [0.717, 1.165) is 0 Å². The summed E-state index contributed by atoms with van der Waals surface area (Å²) in [6.07, 6.45) is 0.949. The molecule has 1 unspecified atom stereocenters. The predicted octanol–water partition coefficient (Wildman–Crippen LogP) is 2.57. The molecule has 1 N–H and O–H groups in total. The van der Waals surface area contributed by atoms with E-state index in [-0.39, 0.29) is 36.0 Å². The molecule has 5 heteroatoms. The Morgan fingerprint density at radius 2 is 1.90 bits per heavy atom. The van der Waals surface area contributed by atoms with Crippen LogP contribution >= 0.6 is 0 Å². The van der Waals surface area contributed by atoms with Gasteiger partial charge in [-0.05, 0) is 30.7 Å². The molecular formula is C16H20N2O3. The van der Waals surface area contributed by atoms with Crippen LogP contribution in [0.25, 0.3) is 0 Å². The Hall–Kier alpha value is -2.17. The SMILES string of the molecule is CCC1CC(=O)N(c2ccc(NC(=O)C(C)C)cc2)C1=O. The first-order valence-corrected chi connectivity index (χ1v) is 7.21. The summed E-state index contributed by atoms with van der Waals surface area (Å²) in [5.74, 6) is -0.677. The van der Waals surface area contributed by atoms with Gasteiger partial charge in [-0.2, -0.15) is 0 Å². The van der Waals surface area contributed by atoms with Gasteiger partial charge in [-0.15, -0.1) is 0 Å². The number of hydrogen-bond acceptors (Lipinski definition) is 3. The minimum absolute atomic E-state index is 0.0675. The summed E-state index contributed by atoms with van der Waals surface area (Å²) >= 11 is 0. The van der Waals surface area contributed by atoms with Gasteiger partial charge >= 0.3 is 0 Å². The zero-order valence-electron chi connectivity index (χ0n) is 12.6. The number of rotatable bonds is 4. The molecule has 112 valence electrons. The van der Waals surface area contributed by atoms with Crippen molar-refractivity contribution >= 4 is 29.1 Å². The lowest BCUT2D eigenvalue weighted by molar-refractivity contribution is -0.122. The van der Waals surface area contributed by atoms with Gasteiger partial charge in [0.1, 0.15) is 0 Å². The number of carbonyl (C=O) groups is 3. The smallest absolute Gasteiger partial charge is 0.237 e. The molecule has 1 aromatic carbocycles. The molecule has 1 aromatic rings. The van der Waals surface area contributed by atoms with Crippen LogP contribution in [0.2, 0.25) is 0 Å². The molecule has 5 nitrogen and oxygen atoms in total. The summed E-state index contributed by atoms with van der Waals surface area (Å²) in [6, 6.07) is 6.78. The molecule has 1 heterocycles. The summed E-state index contributed by atoms with van der Waals surface area (Å²) < 4.78 is 0. The van der Waals surface area contributed by atoms with Gasteiger partial charge in [0.05, 0.1) is 5.69 Å². The van der Waals surface area contributed by atoms with Crippen molar-refractivity contribution in [3.05, 3.63) is 24.3 Å². The molecule has 0 saturated carbocycles. The Balaban J connectivity index is 2.14. The Labute approximate surface area is 124 Å². The Morgan fingerprint density at radius 1 is 1.29 bits per heavy atom. The first-order valence-electron chi connectivity index (χ1n) is 7.21. The Bertz CT molecular complexity index is 563. The summed E-state index contributed by atoms with van der Waals surface area (Å²) in [5.41, 5.74) is 1.21. The first-order chi connectivity index (χ1) is 9.93. The van der Waals surface area contributed by atoms with Crippen molar-refractivity contribution in [2.45, 2.75) is 33.6 Å². The fraction of sp³-hybridized carbons (Fsp3) is 0.438. The normalized spacial score (nSPS) is 18.5. The van der Waals surface area contributed by atoms with E-state index in [1.807, 2.05) is 20.8 Å². The van der Waals surface area contributed by atoms with Crippen LogP contribution in [0, 0.1) is 11.8 Å². The largest absolute Gasteiger partial charge is 0.326 e. The quantitative estimate of drug-likeness (QED) is 0.866. The van der Waals surface area contributed by atoms with Crippen LogP contribution in [0.5, 0.6) is 0 Å². The molecule has 3 amide bonds. The van der Waals surface area contributed by atoms with Crippen LogP contribution in [0.4, 0.5) is 11.4 Å². The summed E-state index contributed by atoms with van der Waals surface area (Å²) in [4.78, 5) is 36.9. The summed E-state index contributed by atoms with van der Waals surface area (Å²) in [6.45, 7) is 5.54. The van der Waals surface area contributed by atoms with Crippen LogP contribution in [-0.4, -0.2) is 17.7 Å². The highest BCUT2D eigenvalue weighted by Crippen LogP contribution is 2.28. The van der Waals surface area contributed by atoms with Gasteiger partial charge in [0.15, 0.2) is 0 Å². The van der Waals surface area contributed by atoms with Crippen LogP contribution in [0.3, 0.4) is 0 Å². The highest BCUT2D eigenvalue weighted by Gasteiger charge is 2.38. The van der Waals surface area contributed by atoms with Crippen molar-refractivity contribution in [3.63, 3.8) is 0 Å². The van der Waals surface area contributed by atoms with Crippen molar-refractivity contribution in [1.29, 1.82) is 0 Å². The molecule has 0 aromatic heterocycles. The summed E-state index contributed by atoms with van der Waals surface area (Å²) in [5, 5.41) is 2.77. The minimum atomic E-state index is -0.210. The monoisotopic (exact) mass is 288 g/mol. The van der Waals surface area contributed by atoms with Crippen molar-refractivity contribution in [1.82, 2.24) is 0 Å². The van der Waals surface area contributed by atoms with Gasteiger partial charge in [0.25, 0.3) is 0 Å². The highest BCUT2D eigenvalue weighted by atomic mass is 16.2. The second-order valence-electron chi connectivity index (χ2n) is 5.57. The van der Waals surface area contributed by atoms with E-state index in [0.29, 0.717) is 17.8 Å². The molecule has 0 bridgehead atoms. The zero-order chi connectivity index (χ0) is 15.6. The second kappa shape index (κ2) is 6.08. The number of nitrogens with zero attached hydrogens (tertiary/aromatic N) is 1. The fourth-order valence-electron chi connectivity index (χ4n) is 2.27. The second-order valence-corrected chi connectivity index (χ2v) is 5.57. The Kier molecular flexibility index (Phi) is 4.40. The minimum Gasteiger partial charge on any atom is -0.326 e. The molecule has 1 aliphatic heterocycles. The maximum Gasteiger partial charge on any atom is 0.237 e. The van der Waals surface area contributed by atoms with Crippen molar-refractivity contribution in [2.24, 2.45) is 11.8 Å². The molecule has 1 atom stereocenters. The maximum atomic E-state index is 12.1. The van der Waals surface area contributed by atoms with Gasteiger partial charge in [0, 0.05) is 23.9 Å². The number of amides is 3. The molecule has 1 saturated heterocycles. The fourth-order valence-corrected chi connectivity index (χ4v) is 2.27. The molecule has 0 aliphatic carbocycles. The molecule has 0 radical (unpaired) electrons. The average Bonchev–Trinajstić information content (AvgIpc) is 2.74. The molecular weight excluding hydrogens is 268 g/mol. The van der Waals surface area contributed by atoms with E-state index in [1.165, 1.54) is 4.90 Å². The standard InChI is InChI=1S/C16H20N2O3/c1-4-11-9-14(19)18(16(11)21)13-7-5-12(6-8-13)17-15(20)10(2)3/h5-8,10-11H,4,9H2,1-3H3,(H,17,20). The van der Waals surface area contributed by atoms with Crippen LogP contribution in [0.1, 0.15) is 33.6 Å². The Morgan fingerprint density at radius 3 is 2.38 bits per heavy atom. The van der Waals surface area contributed by atoms with Gasteiger partial charge in [-0.1, -0.05) is 20.8 Å². The van der Waals surface area contributed by atoms with E-state index >= 15 is 0 Å². The summed E-state index contributed by atoms with van der Waals surface area (Å²) in [7, 11) is 0. The van der Waals surface area contributed by atoms with E-state index in [1.54, 1.807) is 24.3 Å². The highest BCUT2D eigenvalue weighted by molar-refractivity contribution is 6.20. The first kappa shape index (κ1) is 15.2. The van der Waals surface area contributed by atoms with Crippen molar-refractivity contribution < 1.29 is 14.4 Å². The molecule has 2 rings (SSSR count). The third-order valence-electron chi connectivity index (χ3n) is 3.65. The number of imide groups is 1. The van der Waals surface area contributed by atoms with Crippen molar-refractivity contribution in [3.8, 4) is 0 Å². The van der Waals surface area contributed by atoms with Crippen LogP contribution < -0.4 is 10.2 Å². The third kappa shape index (κ3) is 3.12. The number of nitrogens with one attached hydrogen (secondary N) is 1. The van der Waals surface area contributed by atoms with Crippen molar-refractivity contribution in [2.75, 3.05) is 10.2 Å². The predicted molar refractivity (Wildman–Crippen MR) is 80.8 cm³/mol.